The van der Waals surface area contributed by atoms with Crippen LogP contribution in [0.2, 0.25) is 0 Å². The monoisotopic (exact) mass is 397 g/mol. The zero-order valence-electron chi connectivity index (χ0n) is 16.1. The van der Waals surface area contributed by atoms with Gasteiger partial charge in [-0.3, -0.25) is 9.59 Å². The van der Waals surface area contributed by atoms with Crippen LogP contribution < -0.4 is 10.6 Å². The summed E-state index contributed by atoms with van der Waals surface area (Å²) in [6.07, 6.45) is 2.41. The van der Waals surface area contributed by atoms with Crippen LogP contribution in [0.3, 0.4) is 0 Å². The summed E-state index contributed by atoms with van der Waals surface area (Å²) in [7, 11) is 0. The fourth-order valence-corrected chi connectivity index (χ4v) is 3.44. The van der Waals surface area contributed by atoms with Crippen LogP contribution in [-0.4, -0.2) is 22.8 Å². The molecule has 0 spiro atoms. The highest BCUT2D eigenvalue weighted by atomic mass is 32.1. The third-order valence-electron chi connectivity index (χ3n) is 4.37. The molecule has 0 saturated heterocycles. The first-order valence-electron chi connectivity index (χ1n) is 9.18. The molecule has 2 heterocycles. The van der Waals surface area contributed by atoms with E-state index < -0.39 is 11.9 Å². The molecule has 7 heteroatoms. The highest BCUT2D eigenvalue weighted by Crippen LogP contribution is 2.25. The quantitative estimate of drug-likeness (QED) is 0.620. The number of hydrogen-bond acceptors (Lipinski definition) is 5. The van der Waals surface area contributed by atoms with Crippen molar-refractivity contribution >= 4 is 28.3 Å². The molecule has 2 N–H and O–H groups in total. The number of furan rings is 1. The van der Waals surface area contributed by atoms with Crippen molar-refractivity contribution in [3.63, 3.8) is 0 Å². The number of carbonyl (C=O) groups excluding carboxylic acids is 2. The zero-order chi connectivity index (χ0) is 20.1. The summed E-state index contributed by atoms with van der Waals surface area (Å²) in [5, 5.41) is 7.93. The molecule has 1 atom stereocenters. The van der Waals surface area contributed by atoms with Crippen LogP contribution in [0.5, 0.6) is 0 Å². The second kappa shape index (κ2) is 8.84. The maximum atomic E-state index is 12.7. The van der Waals surface area contributed by atoms with E-state index in [0.717, 1.165) is 17.7 Å². The van der Waals surface area contributed by atoms with Crippen molar-refractivity contribution in [1.29, 1.82) is 0 Å². The maximum Gasteiger partial charge on any atom is 0.287 e. The number of nitrogens with one attached hydrogen (secondary N) is 2. The number of hydrogen-bond donors (Lipinski definition) is 2. The number of anilines is 1. The molecule has 0 aliphatic rings. The molecule has 1 aromatic carbocycles. The van der Waals surface area contributed by atoms with Crippen molar-refractivity contribution in [3.8, 4) is 11.3 Å². The molecule has 0 saturated carbocycles. The van der Waals surface area contributed by atoms with Gasteiger partial charge < -0.3 is 15.1 Å². The lowest BCUT2D eigenvalue weighted by molar-refractivity contribution is -0.118. The number of rotatable bonds is 7. The van der Waals surface area contributed by atoms with E-state index in [1.807, 2.05) is 31.4 Å². The summed E-state index contributed by atoms with van der Waals surface area (Å²) < 4.78 is 5.09. The van der Waals surface area contributed by atoms with Gasteiger partial charge in [-0.1, -0.05) is 45.0 Å². The minimum Gasteiger partial charge on any atom is -0.459 e. The number of aromatic nitrogens is 1. The number of carbonyl (C=O) groups is 2. The van der Waals surface area contributed by atoms with Crippen LogP contribution in [0.1, 0.15) is 36.9 Å². The van der Waals surface area contributed by atoms with E-state index in [1.165, 1.54) is 23.2 Å². The minimum absolute atomic E-state index is 0.0973. The maximum absolute atomic E-state index is 12.7. The topological polar surface area (TPSA) is 84.2 Å². The van der Waals surface area contributed by atoms with Gasteiger partial charge in [-0.25, -0.2) is 4.98 Å². The number of benzene rings is 1. The van der Waals surface area contributed by atoms with Gasteiger partial charge in [0.05, 0.1) is 12.0 Å². The van der Waals surface area contributed by atoms with Gasteiger partial charge in [-0.15, -0.1) is 11.3 Å². The molecule has 0 fully saturated rings. The Balaban J connectivity index is 1.68. The van der Waals surface area contributed by atoms with Crippen LogP contribution in [0.4, 0.5) is 5.13 Å². The van der Waals surface area contributed by atoms with Gasteiger partial charge in [0, 0.05) is 10.9 Å². The SMILES string of the molecule is CCc1ccc(-c2csc(NC(=O)[C@@H](NC(=O)c3ccco3)C(C)C)n2)cc1. The lowest BCUT2D eigenvalue weighted by Crippen LogP contribution is -2.47. The number of thiazole rings is 1. The van der Waals surface area contributed by atoms with Gasteiger partial charge in [0.15, 0.2) is 10.9 Å². The Morgan fingerprint density at radius 1 is 1.18 bits per heavy atom. The van der Waals surface area contributed by atoms with Crippen LogP contribution in [0, 0.1) is 5.92 Å². The first-order chi connectivity index (χ1) is 13.5. The lowest BCUT2D eigenvalue weighted by Gasteiger charge is -2.20. The fraction of sp³-hybridized carbons (Fsp3) is 0.286. The lowest BCUT2D eigenvalue weighted by atomic mass is 10.0. The molecule has 2 amide bonds. The second-order valence-electron chi connectivity index (χ2n) is 6.75. The van der Waals surface area contributed by atoms with Crippen LogP contribution in [0.15, 0.2) is 52.5 Å². The Hall–Kier alpha value is -2.93. The smallest absolute Gasteiger partial charge is 0.287 e. The number of amides is 2. The third kappa shape index (κ3) is 4.67. The average Bonchev–Trinajstić information content (AvgIpc) is 3.38. The predicted octanol–water partition coefficient (Wildman–Crippen LogP) is 4.36. The fourth-order valence-electron chi connectivity index (χ4n) is 2.71. The van der Waals surface area contributed by atoms with E-state index >= 15 is 0 Å². The molecule has 28 heavy (non-hydrogen) atoms. The predicted molar refractivity (Wildman–Crippen MR) is 110 cm³/mol. The van der Waals surface area contributed by atoms with E-state index in [9.17, 15) is 9.59 Å². The van der Waals surface area contributed by atoms with Crippen molar-refractivity contribution in [2.24, 2.45) is 5.92 Å². The average molecular weight is 398 g/mol. The zero-order valence-corrected chi connectivity index (χ0v) is 16.9. The van der Waals surface area contributed by atoms with E-state index in [1.54, 1.807) is 12.1 Å². The van der Waals surface area contributed by atoms with Gasteiger partial charge in [-0.05, 0) is 30.0 Å². The van der Waals surface area contributed by atoms with Gasteiger partial charge in [0.1, 0.15) is 6.04 Å². The molecule has 3 rings (SSSR count). The molecule has 0 unspecified atom stereocenters. The Labute approximate surface area is 168 Å². The first-order valence-corrected chi connectivity index (χ1v) is 10.1. The van der Waals surface area contributed by atoms with E-state index in [0.29, 0.717) is 5.13 Å². The summed E-state index contributed by atoms with van der Waals surface area (Å²) in [5.74, 6) is -0.655. The molecule has 0 aliphatic carbocycles. The molecule has 0 aliphatic heterocycles. The van der Waals surface area contributed by atoms with Crippen molar-refractivity contribution < 1.29 is 14.0 Å². The molecular formula is C21H23N3O3S. The van der Waals surface area contributed by atoms with Gasteiger partial charge in [0.25, 0.3) is 5.91 Å². The van der Waals surface area contributed by atoms with Gasteiger partial charge >= 0.3 is 0 Å². The highest BCUT2D eigenvalue weighted by molar-refractivity contribution is 7.14. The van der Waals surface area contributed by atoms with Crippen molar-refractivity contribution in [1.82, 2.24) is 10.3 Å². The Morgan fingerprint density at radius 2 is 1.93 bits per heavy atom. The summed E-state index contributed by atoms with van der Waals surface area (Å²) in [6, 6.07) is 10.7. The molecule has 0 radical (unpaired) electrons. The van der Waals surface area contributed by atoms with Crippen molar-refractivity contribution in [2.75, 3.05) is 5.32 Å². The van der Waals surface area contributed by atoms with E-state index in [4.69, 9.17) is 4.42 Å². The third-order valence-corrected chi connectivity index (χ3v) is 5.13. The van der Waals surface area contributed by atoms with E-state index in [-0.39, 0.29) is 17.6 Å². The van der Waals surface area contributed by atoms with Gasteiger partial charge in [-0.2, -0.15) is 0 Å². The summed E-state index contributed by atoms with van der Waals surface area (Å²) in [5.41, 5.74) is 3.07. The Morgan fingerprint density at radius 3 is 2.54 bits per heavy atom. The van der Waals surface area contributed by atoms with E-state index in [2.05, 4.69) is 34.7 Å². The summed E-state index contributed by atoms with van der Waals surface area (Å²) >= 11 is 1.35. The Bertz CT molecular complexity index is 930. The molecule has 6 nitrogen and oxygen atoms in total. The first kappa shape index (κ1) is 19.8. The summed E-state index contributed by atoms with van der Waals surface area (Å²) in [4.78, 5) is 29.4. The standard InChI is InChI=1S/C21H23N3O3S/c1-4-14-7-9-15(10-8-14)16-12-28-21(22-16)24-20(26)18(13(2)3)23-19(25)17-6-5-11-27-17/h5-13,18H,4H2,1-3H3,(H,23,25)(H,22,24,26)/t18-/m0/s1. The minimum atomic E-state index is -0.700. The molecule has 3 aromatic rings. The van der Waals surface area contributed by atoms with Crippen LogP contribution >= 0.6 is 11.3 Å². The van der Waals surface area contributed by atoms with Crippen molar-refractivity contribution in [2.45, 2.75) is 33.2 Å². The van der Waals surface area contributed by atoms with Crippen LogP contribution in [0.25, 0.3) is 11.3 Å². The molecular weight excluding hydrogens is 374 g/mol. The normalized spacial score (nSPS) is 12.0. The number of nitrogens with zero attached hydrogens (tertiary/aromatic N) is 1. The largest absolute Gasteiger partial charge is 0.459 e. The van der Waals surface area contributed by atoms with Crippen molar-refractivity contribution in [3.05, 3.63) is 59.4 Å². The number of aryl methyl sites for hydroxylation is 1. The Kier molecular flexibility index (Phi) is 6.26. The molecule has 0 bridgehead atoms. The molecule has 2 aromatic heterocycles. The molecule has 146 valence electrons. The second-order valence-corrected chi connectivity index (χ2v) is 7.61. The van der Waals surface area contributed by atoms with Crippen LogP contribution in [-0.2, 0) is 11.2 Å². The van der Waals surface area contributed by atoms with Gasteiger partial charge in [0.2, 0.25) is 5.91 Å². The highest BCUT2D eigenvalue weighted by Gasteiger charge is 2.26. The summed E-state index contributed by atoms with van der Waals surface area (Å²) in [6.45, 7) is 5.85.